The van der Waals surface area contributed by atoms with E-state index < -0.39 is 0 Å². The number of carbonyl (C=O) groups excluding carboxylic acids is 3. The molecule has 0 amide bonds. The monoisotopic (exact) mass is 143 g/mol. The molecule has 6 heteroatoms. The van der Waals surface area contributed by atoms with Gasteiger partial charge in [0.2, 0.25) is 0 Å². The zero-order chi connectivity index (χ0) is 4.71. The summed E-state index contributed by atoms with van der Waals surface area (Å²) in [5.74, 6) is 0. The number of hydrogen-bond donors (Lipinski definition) is 1. The molecule has 0 saturated heterocycles. The molecule has 0 spiro atoms. The standard InChI is InChI=1S/CO2.CH2O.H3N.H2O.H2S/c2-1-3;1-2;;;/h;1H2;1H3;2*1H2. The molecule has 0 atom stereocenters. The van der Waals surface area contributed by atoms with Crippen LogP contribution in [0.5, 0.6) is 0 Å². The Hall–Kier alpha value is -0.680. The summed E-state index contributed by atoms with van der Waals surface area (Å²) in [6.07, 6.45) is 0.250. The van der Waals surface area contributed by atoms with Gasteiger partial charge in [-0.05, 0) is 0 Å². The molecule has 0 unspecified atom stereocenters. The second-order valence-electron chi connectivity index (χ2n) is 0.0833. The Bertz CT molecular complexity index is 43.3. The second-order valence-corrected chi connectivity index (χ2v) is 0.0833. The average molecular weight is 143 g/mol. The van der Waals surface area contributed by atoms with E-state index in [2.05, 4.69) is 0 Å². The minimum Gasteiger partial charge on any atom is -0.412 e. The van der Waals surface area contributed by atoms with Crippen molar-refractivity contribution < 1.29 is 19.9 Å². The Labute approximate surface area is 53.4 Å². The van der Waals surface area contributed by atoms with Gasteiger partial charge in [-0.25, -0.2) is 0 Å². The maximum atomic E-state index is 8.12. The summed E-state index contributed by atoms with van der Waals surface area (Å²) in [5, 5.41) is 0. The molecular formula is C2H9NO4S. The SMILES string of the molecule is C=O.N.O.O=C=O.S. The third-order valence-corrected chi connectivity index (χ3v) is 0. The highest BCUT2D eigenvalue weighted by Crippen LogP contribution is 0.787. The van der Waals surface area contributed by atoms with Crippen molar-refractivity contribution in [1.82, 2.24) is 6.15 Å². The van der Waals surface area contributed by atoms with Gasteiger partial charge in [0.15, 0.2) is 0 Å². The number of carbonyl (C=O) groups is 1. The molecule has 0 bridgehead atoms. The molecule has 5 nitrogen and oxygen atoms in total. The van der Waals surface area contributed by atoms with E-state index in [1.165, 1.54) is 0 Å². The zero-order valence-electron chi connectivity index (χ0n) is 4.14. The van der Waals surface area contributed by atoms with E-state index >= 15 is 0 Å². The van der Waals surface area contributed by atoms with Crippen LogP contribution in [0, 0.1) is 0 Å². The van der Waals surface area contributed by atoms with Crippen LogP contribution in [0.4, 0.5) is 0 Å². The number of hydrogen-bond acceptors (Lipinski definition) is 4. The van der Waals surface area contributed by atoms with Crippen LogP contribution in [0.3, 0.4) is 0 Å². The molecule has 0 aliphatic carbocycles. The minimum atomic E-state index is 0. The first-order valence-corrected chi connectivity index (χ1v) is 0.697. The maximum absolute atomic E-state index is 8.12. The fraction of sp³-hybridized carbons (Fsp3) is 0. The van der Waals surface area contributed by atoms with Crippen LogP contribution in [-0.4, -0.2) is 18.4 Å². The van der Waals surface area contributed by atoms with Crippen molar-refractivity contribution in [3.63, 3.8) is 0 Å². The van der Waals surface area contributed by atoms with Crippen LogP contribution in [0.25, 0.3) is 0 Å². The van der Waals surface area contributed by atoms with E-state index in [0.717, 1.165) is 0 Å². The molecule has 0 aliphatic rings. The topological polar surface area (TPSA) is 118 Å². The fourth-order valence-electron chi connectivity index (χ4n) is 0. The van der Waals surface area contributed by atoms with E-state index in [4.69, 9.17) is 14.4 Å². The van der Waals surface area contributed by atoms with Gasteiger partial charge in [0.05, 0.1) is 0 Å². The lowest BCUT2D eigenvalue weighted by molar-refractivity contribution is -0.191. The molecule has 52 valence electrons. The summed E-state index contributed by atoms with van der Waals surface area (Å²) < 4.78 is 0. The Kier molecular flexibility index (Phi) is 11900. The molecule has 0 aromatic heterocycles. The number of rotatable bonds is 0. The Morgan fingerprint density at radius 1 is 1.12 bits per heavy atom. The van der Waals surface area contributed by atoms with Gasteiger partial charge in [-0.3, -0.25) is 0 Å². The molecule has 0 aromatic rings. The van der Waals surface area contributed by atoms with Crippen molar-refractivity contribution in [2.24, 2.45) is 0 Å². The van der Waals surface area contributed by atoms with Gasteiger partial charge in [-0.15, -0.1) is 0 Å². The molecule has 0 aliphatic heterocycles. The minimum absolute atomic E-state index is 0. The van der Waals surface area contributed by atoms with Crippen LogP contribution < -0.4 is 6.15 Å². The van der Waals surface area contributed by atoms with Crippen LogP contribution in [0.2, 0.25) is 0 Å². The maximum Gasteiger partial charge on any atom is 0.373 e. The van der Waals surface area contributed by atoms with Crippen LogP contribution >= 0.6 is 13.5 Å². The second kappa shape index (κ2) is 1750. The molecular weight excluding hydrogens is 134 g/mol. The lowest BCUT2D eigenvalue weighted by Crippen LogP contribution is -1.22. The molecule has 0 radical (unpaired) electrons. The van der Waals surface area contributed by atoms with E-state index in [0.29, 0.717) is 0 Å². The molecule has 0 aromatic carbocycles. The van der Waals surface area contributed by atoms with Crippen molar-refractivity contribution in [3.05, 3.63) is 0 Å². The molecule has 0 fully saturated rings. The Morgan fingerprint density at radius 2 is 1.12 bits per heavy atom. The van der Waals surface area contributed by atoms with Crippen LogP contribution in [0.15, 0.2) is 0 Å². The van der Waals surface area contributed by atoms with Gasteiger partial charge in [0, 0.05) is 0 Å². The summed E-state index contributed by atoms with van der Waals surface area (Å²) in [5.41, 5.74) is 0. The molecule has 0 heterocycles. The summed E-state index contributed by atoms with van der Waals surface area (Å²) in [7, 11) is 0. The largest absolute Gasteiger partial charge is 0.412 e. The third kappa shape index (κ3) is 215. The van der Waals surface area contributed by atoms with Crippen molar-refractivity contribution in [1.29, 1.82) is 0 Å². The van der Waals surface area contributed by atoms with Crippen LogP contribution in [-0.2, 0) is 14.4 Å². The normalized spacial score (nSPS) is 1.50. The molecule has 0 saturated carbocycles. The first-order valence-electron chi connectivity index (χ1n) is 0.697. The van der Waals surface area contributed by atoms with E-state index in [9.17, 15) is 0 Å². The predicted octanol–water partition coefficient (Wildman–Crippen LogP) is -1.32. The van der Waals surface area contributed by atoms with Gasteiger partial charge in [0.25, 0.3) is 0 Å². The van der Waals surface area contributed by atoms with E-state index in [1.807, 2.05) is 6.79 Å². The van der Waals surface area contributed by atoms with Gasteiger partial charge in [0.1, 0.15) is 6.79 Å². The average Bonchev–Trinajstić information content (AvgIpc) is 1.46. The summed E-state index contributed by atoms with van der Waals surface area (Å²) in [4.78, 5) is 24.2. The van der Waals surface area contributed by atoms with Gasteiger partial charge < -0.3 is 16.4 Å². The van der Waals surface area contributed by atoms with Gasteiger partial charge in [-0.2, -0.15) is 23.1 Å². The zero-order valence-corrected chi connectivity index (χ0v) is 5.14. The van der Waals surface area contributed by atoms with E-state index in [-0.39, 0.29) is 31.3 Å². The van der Waals surface area contributed by atoms with Gasteiger partial charge in [-0.1, -0.05) is 0 Å². The van der Waals surface area contributed by atoms with Crippen molar-refractivity contribution in [3.8, 4) is 0 Å². The quantitative estimate of drug-likeness (QED) is 0.452. The predicted molar refractivity (Wildman–Crippen MR) is 31.1 cm³/mol. The smallest absolute Gasteiger partial charge is 0.373 e. The van der Waals surface area contributed by atoms with Gasteiger partial charge >= 0.3 is 6.15 Å². The summed E-state index contributed by atoms with van der Waals surface area (Å²) in [6.45, 7) is 2.00. The van der Waals surface area contributed by atoms with Crippen molar-refractivity contribution in [2.45, 2.75) is 0 Å². The highest BCUT2D eigenvalue weighted by atomic mass is 32.1. The Morgan fingerprint density at radius 3 is 1.12 bits per heavy atom. The fourth-order valence-corrected chi connectivity index (χ4v) is 0. The lowest BCUT2D eigenvalue weighted by Gasteiger charge is -0.945. The summed E-state index contributed by atoms with van der Waals surface area (Å²) in [6, 6.07) is 0. The lowest BCUT2D eigenvalue weighted by atomic mass is 11.8. The Balaban J connectivity index is -0.00000000567. The molecule has 5 N–H and O–H groups in total. The molecule has 0 rings (SSSR count). The molecule has 8 heavy (non-hydrogen) atoms. The van der Waals surface area contributed by atoms with Crippen molar-refractivity contribution >= 4 is 26.4 Å². The highest BCUT2D eigenvalue weighted by Gasteiger charge is 1.13. The van der Waals surface area contributed by atoms with Crippen molar-refractivity contribution in [2.75, 3.05) is 0 Å². The van der Waals surface area contributed by atoms with E-state index in [1.54, 1.807) is 0 Å². The summed E-state index contributed by atoms with van der Waals surface area (Å²) >= 11 is 0. The van der Waals surface area contributed by atoms with Crippen LogP contribution in [0.1, 0.15) is 0 Å². The first-order chi connectivity index (χ1) is 2.41. The third-order valence-electron chi connectivity index (χ3n) is 0. The first kappa shape index (κ1) is 54.3. The highest BCUT2D eigenvalue weighted by molar-refractivity contribution is 7.59.